The Morgan fingerprint density at radius 2 is 1.81 bits per heavy atom. The number of ether oxygens (including phenoxy) is 1. The van der Waals surface area contributed by atoms with Gasteiger partial charge in [0.25, 0.3) is 0 Å². The van der Waals surface area contributed by atoms with Crippen molar-refractivity contribution in [2.75, 3.05) is 0 Å². The molecule has 6 heteroatoms. The summed E-state index contributed by atoms with van der Waals surface area (Å²) in [6.07, 6.45) is 1.38. The molecule has 0 aliphatic rings. The van der Waals surface area contributed by atoms with Gasteiger partial charge in [0.05, 0.1) is 5.52 Å². The van der Waals surface area contributed by atoms with Crippen molar-refractivity contribution >= 4 is 20.9 Å². The van der Waals surface area contributed by atoms with E-state index in [-0.39, 0.29) is 4.90 Å². The summed E-state index contributed by atoms with van der Waals surface area (Å²) in [5, 5.41) is 5.72. The fourth-order valence-corrected chi connectivity index (χ4v) is 2.89. The van der Waals surface area contributed by atoms with Crippen LogP contribution in [-0.4, -0.2) is 13.4 Å². The van der Waals surface area contributed by atoms with Gasteiger partial charge in [0.2, 0.25) is 10.0 Å². The number of nitrogens with one attached hydrogen (secondary N) is 1. The predicted octanol–water partition coefficient (Wildman–Crippen LogP) is 2.39. The van der Waals surface area contributed by atoms with Crippen molar-refractivity contribution < 1.29 is 13.2 Å². The van der Waals surface area contributed by atoms with Crippen LogP contribution < -0.4 is 9.88 Å². The highest BCUT2D eigenvalue weighted by Crippen LogP contribution is 2.29. The van der Waals surface area contributed by atoms with Crippen LogP contribution in [0.15, 0.2) is 59.6 Å². The number of rotatable bonds is 4. The molecule has 108 valence electrons. The number of hydrogen-bond acceptors (Lipinski definition) is 3. The molecule has 0 aliphatic carbocycles. The van der Waals surface area contributed by atoms with Crippen LogP contribution in [0.3, 0.4) is 0 Å². The highest BCUT2D eigenvalue weighted by atomic mass is 32.2. The molecule has 2 aromatic carbocycles. The number of hydrogen-bond donors (Lipinski definition) is 2. The van der Waals surface area contributed by atoms with E-state index in [9.17, 15) is 8.42 Å². The molecule has 3 aromatic rings. The summed E-state index contributed by atoms with van der Waals surface area (Å²) in [4.78, 5) is 2.99. The van der Waals surface area contributed by atoms with Crippen molar-refractivity contribution in [2.45, 2.75) is 11.5 Å². The monoisotopic (exact) mass is 302 g/mol. The summed E-state index contributed by atoms with van der Waals surface area (Å²) < 4.78 is 28.8. The van der Waals surface area contributed by atoms with Gasteiger partial charge < -0.3 is 9.72 Å². The van der Waals surface area contributed by atoms with Crippen LogP contribution >= 0.6 is 0 Å². The average Bonchev–Trinajstić information content (AvgIpc) is 2.90. The maximum absolute atomic E-state index is 11.5. The summed E-state index contributed by atoms with van der Waals surface area (Å²) in [5.74, 6) is 0.589. The lowest BCUT2D eigenvalue weighted by Crippen LogP contribution is -2.11. The lowest BCUT2D eigenvalue weighted by Gasteiger charge is -2.07. The van der Waals surface area contributed by atoms with Crippen LogP contribution in [0.25, 0.3) is 10.9 Å². The third kappa shape index (κ3) is 2.76. The summed E-state index contributed by atoms with van der Waals surface area (Å²) in [7, 11) is -3.76. The molecule has 1 aromatic heterocycles. The van der Waals surface area contributed by atoms with Gasteiger partial charge in [0.1, 0.15) is 17.3 Å². The lowest BCUT2D eigenvalue weighted by atomic mass is 10.2. The van der Waals surface area contributed by atoms with Crippen LogP contribution in [0.4, 0.5) is 0 Å². The second kappa shape index (κ2) is 5.23. The number of para-hydroxylation sites is 1. The Morgan fingerprint density at radius 1 is 1.05 bits per heavy atom. The Balaban J connectivity index is 1.95. The van der Waals surface area contributed by atoms with Crippen molar-refractivity contribution in [1.29, 1.82) is 0 Å². The molecular formula is C15H14N2O3S. The summed E-state index contributed by atoms with van der Waals surface area (Å²) >= 11 is 0. The molecule has 21 heavy (non-hydrogen) atoms. The zero-order valence-corrected chi connectivity index (χ0v) is 11.9. The van der Waals surface area contributed by atoms with Crippen LogP contribution in [0.1, 0.15) is 5.56 Å². The van der Waals surface area contributed by atoms with E-state index in [1.165, 1.54) is 6.20 Å². The highest BCUT2D eigenvalue weighted by Gasteiger charge is 2.16. The second-order valence-corrected chi connectivity index (χ2v) is 6.18. The first-order valence-electron chi connectivity index (χ1n) is 6.35. The number of sulfonamides is 1. The molecule has 0 unspecified atom stereocenters. The third-order valence-electron chi connectivity index (χ3n) is 3.18. The van der Waals surface area contributed by atoms with Crippen molar-refractivity contribution in [2.24, 2.45) is 5.14 Å². The Morgan fingerprint density at radius 3 is 2.52 bits per heavy atom. The van der Waals surface area contributed by atoms with Crippen molar-refractivity contribution in [3.63, 3.8) is 0 Å². The minimum absolute atomic E-state index is 0.0719. The standard InChI is InChI=1S/C15H14N2O3S/c16-21(18,19)14-9-17-15-12(14)7-4-8-13(15)20-10-11-5-2-1-3-6-11/h1-9,17H,10H2,(H2,16,18,19). The van der Waals surface area contributed by atoms with Gasteiger partial charge in [-0.25, -0.2) is 13.6 Å². The minimum atomic E-state index is -3.76. The Kier molecular flexibility index (Phi) is 3.40. The van der Waals surface area contributed by atoms with Crippen molar-refractivity contribution in [1.82, 2.24) is 4.98 Å². The number of fused-ring (bicyclic) bond motifs is 1. The lowest BCUT2D eigenvalue weighted by molar-refractivity contribution is 0.309. The van der Waals surface area contributed by atoms with E-state index >= 15 is 0 Å². The number of aromatic nitrogens is 1. The number of benzene rings is 2. The molecule has 0 bridgehead atoms. The maximum atomic E-state index is 11.5. The molecule has 0 atom stereocenters. The molecule has 3 N–H and O–H groups in total. The zero-order valence-electron chi connectivity index (χ0n) is 11.1. The van der Waals surface area contributed by atoms with E-state index in [4.69, 9.17) is 9.88 Å². The zero-order chi connectivity index (χ0) is 14.9. The van der Waals surface area contributed by atoms with Crippen molar-refractivity contribution in [3.05, 3.63) is 60.3 Å². The largest absolute Gasteiger partial charge is 0.487 e. The Labute approximate surface area is 122 Å². The fourth-order valence-electron chi connectivity index (χ4n) is 2.19. The van der Waals surface area contributed by atoms with Gasteiger partial charge in [-0.05, 0) is 11.6 Å². The molecule has 0 saturated carbocycles. The first-order valence-corrected chi connectivity index (χ1v) is 7.90. The van der Waals surface area contributed by atoms with Crippen LogP contribution in [0.5, 0.6) is 5.75 Å². The molecule has 0 amide bonds. The Bertz CT molecular complexity index is 870. The van der Waals surface area contributed by atoms with Gasteiger partial charge in [0.15, 0.2) is 0 Å². The molecule has 1 heterocycles. The quantitative estimate of drug-likeness (QED) is 0.776. The smallest absolute Gasteiger partial charge is 0.240 e. The SMILES string of the molecule is NS(=O)(=O)c1c[nH]c2c(OCc3ccccc3)cccc12. The number of nitrogens with two attached hydrogens (primary N) is 1. The molecule has 5 nitrogen and oxygen atoms in total. The first-order chi connectivity index (χ1) is 10.1. The molecular weight excluding hydrogens is 288 g/mol. The fraction of sp³-hybridized carbons (Fsp3) is 0.0667. The third-order valence-corrected chi connectivity index (χ3v) is 4.13. The van der Waals surface area contributed by atoms with Gasteiger partial charge in [0, 0.05) is 11.6 Å². The predicted molar refractivity (Wildman–Crippen MR) is 80.4 cm³/mol. The van der Waals surface area contributed by atoms with Gasteiger partial charge >= 0.3 is 0 Å². The first kappa shape index (κ1) is 13.7. The summed E-state index contributed by atoms with van der Waals surface area (Å²) in [6.45, 7) is 0.406. The number of aromatic amines is 1. The normalized spacial score (nSPS) is 11.7. The van der Waals surface area contributed by atoms with E-state index in [2.05, 4.69) is 4.98 Å². The van der Waals surface area contributed by atoms with E-state index in [1.807, 2.05) is 30.3 Å². The minimum Gasteiger partial charge on any atom is -0.487 e. The van der Waals surface area contributed by atoms with Gasteiger partial charge in [-0.1, -0.05) is 42.5 Å². The van der Waals surface area contributed by atoms with Gasteiger partial charge in [-0.2, -0.15) is 0 Å². The highest BCUT2D eigenvalue weighted by molar-refractivity contribution is 7.89. The van der Waals surface area contributed by atoms with E-state index in [0.29, 0.717) is 23.3 Å². The second-order valence-electron chi connectivity index (χ2n) is 4.65. The molecule has 0 fully saturated rings. The topological polar surface area (TPSA) is 85.2 Å². The number of primary sulfonamides is 1. The molecule has 0 radical (unpaired) electrons. The number of H-pyrrole nitrogens is 1. The van der Waals surface area contributed by atoms with Crippen LogP contribution in [-0.2, 0) is 16.6 Å². The summed E-state index contributed by atoms with van der Waals surface area (Å²) in [5.41, 5.74) is 1.66. The van der Waals surface area contributed by atoms with Crippen LogP contribution in [0.2, 0.25) is 0 Å². The van der Waals surface area contributed by atoms with E-state index in [0.717, 1.165) is 5.56 Å². The Hall–Kier alpha value is -2.31. The molecule has 0 spiro atoms. The molecule has 0 saturated heterocycles. The average molecular weight is 302 g/mol. The van der Waals surface area contributed by atoms with Gasteiger partial charge in [-0.15, -0.1) is 0 Å². The molecule has 3 rings (SSSR count). The van der Waals surface area contributed by atoms with E-state index in [1.54, 1.807) is 18.2 Å². The summed E-state index contributed by atoms with van der Waals surface area (Å²) in [6, 6.07) is 15.0. The van der Waals surface area contributed by atoms with Crippen LogP contribution in [0, 0.1) is 0 Å². The maximum Gasteiger partial charge on any atom is 0.240 e. The molecule has 0 aliphatic heterocycles. The van der Waals surface area contributed by atoms with Crippen molar-refractivity contribution in [3.8, 4) is 5.75 Å². The van der Waals surface area contributed by atoms with E-state index < -0.39 is 10.0 Å². The van der Waals surface area contributed by atoms with Gasteiger partial charge in [-0.3, -0.25) is 0 Å².